The van der Waals surface area contributed by atoms with Crippen molar-refractivity contribution >= 4 is 12.2 Å². The molecule has 0 fully saturated rings. The van der Waals surface area contributed by atoms with E-state index < -0.39 is 0 Å². The summed E-state index contributed by atoms with van der Waals surface area (Å²) in [6.45, 7) is 7.18. The van der Waals surface area contributed by atoms with Gasteiger partial charge in [-0.25, -0.2) is 0 Å². The van der Waals surface area contributed by atoms with Crippen LogP contribution in [0.25, 0.3) is 11.4 Å². The molecule has 0 aliphatic heterocycles. The minimum absolute atomic E-state index is 0.602. The van der Waals surface area contributed by atoms with Crippen molar-refractivity contribution in [2.24, 2.45) is 0 Å². The fourth-order valence-corrected chi connectivity index (χ4v) is 3.65. The van der Waals surface area contributed by atoms with Gasteiger partial charge in [0.05, 0.1) is 20.2 Å². The molecule has 0 amide bonds. The fourth-order valence-electron chi connectivity index (χ4n) is 3.37. The number of quaternary nitrogens is 1. The number of nitrogens with zero attached hydrogens (tertiary/aromatic N) is 3. The van der Waals surface area contributed by atoms with E-state index in [4.69, 9.17) is 22.1 Å². The largest absolute Gasteiger partial charge is 0.383 e. The average molecular weight is 398 g/mol. The molecule has 0 radical (unpaired) electrons. The maximum Gasteiger partial charge on any atom is 0.203 e. The van der Waals surface area contributed by atoms with Gasteiger partial charge < -0.3 is 9.64 Å². The molecule has 6 heteroatoms. The third-order valence-corrected chi connectivity index (χ3v) is 5.32. The summed E-state index contributed by atoms with van der Waals surface area (Å²) in [4.78, 5) is 1.33. The summed E-state index contributed by atoms with van der Waals surface area (Å²) in [5.74, 6) is 0.898. The van der Waals surface area contributed by atoms with Crippen LogP contribution in [0.3, 0.4) is 0 Å². The van der Waals surface area contributed by atoms with Gasteiger partial charge in [-0.3, -0.25) is 4.57 Å². The predicted molar refractivity (Wildman–Crippen MR) is 115 cm³/mol. The Morgan fingerprint density at radius 2 is 1.89 bits per heavy atom. The molecule has 0 spiro atoms. The Hall–Kier alpha value is -2.28. The minimum Gasteiger partial charge on any atom is -0.383 e. The molecule has 0 aliphatic carbocycles. The van der Waals surface area contributed by atoms with Crippen LogP contribution in [0.5, 0.6) is 0 Å². The number of aryl methyl sites for hydroxylation is 2. The lowest BCUT2D eigenvalue weighted by molar-refractivity contribution is -0.917. The number of benzene rings is 2. The van der Waals surface area contributed by atoms with Gasteiger partial charge >= 0.3 is 0 Å². The standard InChI is InChI=1S/C22H28N4OS/c1-17-8-7-11-19(14-17)21-23-26(22(28)25(21)12-13-27-4)16-24(3)15-20-10-6-5-9-18(20)2/h5-11,14H,12-13,15-16H2,1-4H3/p+1. The van der Waals surface area contributed by atoms with E-state index in [0.29, 0.717) is 19.8 Å². The lowest BCUT2D eigenvalue weighted by atomic mass is 10.1. The van der Waals surface area contributed by atoms with Gasteiger partial charge in [0, 0.05) is 18.2 Å². The van der Waals surface area contributed by atoms with Crippen LogP contribution in [-0.2, 0) is 24.5 Å². The second kappa shape index (κ2) is 9.28. The van der Waals surface area contributed by atoms with Gasteiger partial charge in [-0.1, -0.05) is 48.0 Å². The highest BCUT2D eigenvalue weighted by Gasteiger charge is 2.16. The van der Waals surface area contributed by atoms with E-state index in [2.05, 4.69) is 74.0 Å². The second-order valence-corrected chi connectivity index (χ2v) is 7.70. The van der Waals surface area contributed by atoms with Gasteiger partial charge in [-0.15, -0.1) is 5.10 Å². The smallest absolute Gasteiger partial charge is 0.203 e. The zero-order valence-corrected chi connectivity index (χ0v) is 17.9. The maximum atomic E-state index is 5.76. The van der Waals surface area contributed by atoms with Gasteiger partial charge in [0.2, 0.25) is 4.77 Å². The van der Waals surface area contributed by atoms with Crippen molar-refractivity contribution in [1.29, 1.82) is 0 Å². The molecule has 0 bridgehead atoms. The van der Waals surface area contributed by atoms with Crippen LogP contribution >= 0.6 is 12.2 Å². The first-order valence-electron chi connectivity index (χ1n) is 9.59. The highest BCUT2D eigenvalue weighted by molar-refractivity contribution is 7.71. The Bertz CT molecular complexity index is 992. The molecule has 1 aromatic heterocycles. The van der Waals surface area contributed by atoms with Crippen LogP contribution < -0.4 is 4.90 Å². The van der Waals surface area contributed by atoms with Crippen molar-refractivity contribution in [1.82, 2.24) is 14.3 Å². The number of aromatic nitrogens is 3. The number of hydrogen-bond acceptors (Lipinski definition) is 3. The molecule has 148 valence electrons. The molecule has 0 saturated carbocycles. The number of hydrogen-bond donors (Lipinski definition) is 1. The molecule has 3 aromatic rings. The first kappa shape index (κ1) is 20.5. The maximum absolute atomic E-state index is 5.76. The molecular weight excluding hydrogens is 368 g/mol. The minimum atomic E-state index is 0.602. The topological polar surface area (TPSA) is 36.4 Å². The van der Waals surface area contributed by atoms with E-state index in [1.54, 1.807) is 7.11 Å². The van der Waals surface area contributed by atoms with Crippen LogP contribution in [0, 0.1) is 18.6 Å². The normalized spacial score (nSPS) is 12.3. The van der Waals surface area contributed by atoms with Crippen molar-refractivity contribution < 1.29 is 9.64 Å². The summed E-state index contributed by atoms with van der Waals surface area (Å²) in [5.41, 5.74) is 4.96. The van der Waals surface area contributed by atoms with Gasteiger partial charge in [0.15, 0.2) is 12.5 Å². The zero-order chi connectivity index (χ0) is 20.1. The summed E-state index contributed by atoms with van der Waals surface area (Å²) in [5, 5.41) is 4.88. The highest BCUT2D eigenvalue weighted by atomic mass is 32.1. The van der Waals surface area contributed by atoms with Gasteiger partial charge in [-0.2, -0.15) is 4.68 Å². The summed E-state index contributed by atoms with van der Waals surface area (Å²) >= 11 is 5.76. The summed E-state index contributed by atoms with van der Waals surface area (Å²) < 4.78 is 10.0. The molecule has 1 heterocycles. The quantitative estimate of drug-likeness (QED) is 0.594. The third-order valence-electron chi connectivity index (χ3n) is 4.89. The molecule has 0 saturated heterocycles. The van der Waals surface area contributed by atoms with E-state index in [-0.39, 0.29) is 0 Å². The van der Waals surface area contributed by atoms with Crippen molar-refractivity contribution in [3.05, 3.63) is 70.0 Å². The first-order valence-corrected chi connectivity index (χ1v) is 10.00. The number of rotatable bonds is 8. The molecular formula is C22H29N4OS+. The van der Waals surface area contributed by atoms with E-state index in [0.717, 1.165) is 22.7 Å². The summed E-state index contributed by atoms with van der Waals surface area (Å²) in [6, 6.07) is 16.9. The molecule has 2 aromatic carbocycles. The highest BCUT2D eigenvalue weighted by Crippen LogP contribution is 2.19. The molecule has 3 rings (SSSR count). The number of methoxy groups -OCH3 is 1. The van der Waals surface area contributed by atoms with Crippen LogP contribution in [-0.4, -0.2) is 35.1 Å². The Morgan fingerprint density at radius 3 is 2.61 bits per heavy atom. The third kappa shape index (κ3) is 4.76. The predicted octanol–water partition coefficient (Wildman–Crippen LogP) is 3.02. The van der Waals surface area contributed by atoms with E-state index in [1.807, 2.05) is 4.68 Å². The lowest BCUT2D eigenvalue weighted by Gasteiger charge is -2.15. The van der Waals surface area contributed by atoms with Crippen LogP contribution in [0.2, 0.25) is 0 Å². The first-order chi connectivity index (χ1) is 13.5. The monoisotopic (exact) mass is 397 g/mol. The van der Waals surface area contributed by atoms with Gasteiger partial charge in [0.1, 0.15) is 6.54 Å². The second-order valence-electron chi connectivity index (χ2n) is 7.34. The Morgan fingerprint density at radius 1 is 1.11 bits per heavy atom. The lowest BCUT2D eigenvalue weighted by Crippen LogP contribution is -3.07. The van der Waals surface area contributed by atoms with Crippen LogP contribution in [0.15, 0.2) is 48.5 Å². The molecule has 1 atom stereocenters. The van der Waals surface area contributed by atoms with Crippen molar-refractivity contribution in [3.8, 4) is 11.4 Å². The molecule has 1 unspecified atom stereocenters. The zero-order valence-electron chi connectivity index (χ0n) is 17.1. The molecule has 5 nitrogen and oxygen atoms in total. The number of ether oxygens (including phenoxy) is 1. The van der Waals surface area contributed by atoms with Crippen LogP contribution in [0.4, 0.5) is 0 Å². The van der Waals surface area contributed by atoms with E-state index in [9.17, 15) is 0 Å². The Balaban J connectivity index is 1.88. The molecule has 28 heavy (non-hydrogen) atoms. The van der Waals surface area contributed by atoms with Crippen molar-refractivity contribution in [3.63, 3.8) is 0 Å². The Kier molecular flexibility index (Phi) is 6.78. The summed E-state index contributed by atoms with van der Waals surface area (Å²) in [6.07, 6.45) is 0. The number of nitrogens with one attached hydrogen (secondary N) is 1. The fraction of sp³-hybridized carbons (Fsp3) is 0.364. The van der Waals surface area contributed by atoms with E-state index >= 15 is 0 Å². The van der Waals surface area contributed by atoms with E-state index in [1.165, 1.54) is 21.6 Å². The van der Waals surface area contributed by atoms with Gasteiger partial charge in [-0.05, 0) is 37.7 Å². The molecule has 0 aliphatic rings. The molecule has 1 N–H and O–H groups in total. The van der Waals surface area contributed by atoms with Gasteiger partial charge in [0.25, 0.3) is 0 Å². The van der Waals surface area contributed by atoms with Crippen molar-refractivity contribution in [2.75, 3.05) is 20.8 Å². The average Bonchev–Trinajstić information content (AvgIpc) is 2.97. The Labute approximate surface area is 172 Å². The summed E-state index contributed by atoms with van der Waals surface area (Å²) in [7, 11) is 3.88. The van der Waals surface area contributed by atoms with Crippen LogP contribution in [0.1, 0.15) is 16.7 Å². The van der Waals surface area contributed by atoms with Crippen molar-refractivity contribution in [2.45, 2.75) is 33.6 Å². The SMILES string of the molecule is COCCn1c(-c2cccc(C)c2)nn(C[NH+](C)Cc2ccccc2C)c1=S.